The van der Waals surface area contributed by atoms with Gasteiger partial charge in [0.1, 0.15) is 0 Å². The van der Waals surface area contributed by atoms with Gasteiger partial charge in [0.2, 0.25) is 0 Å². The topological polar surface area (TPSA) is 46.2 Å². The van der Waals surface area contributed by atoms with E-state index >= 15 is 0 Å². The van der Waals surface area contributed by atoms with Gasteiger partial charge in [0.05, 0.1) is 0 Å². The average molecular weight is 383 g/mol. The van der Waals surface area contributed by atoms with Crippen LogP contribution in [0.1, 0.15) is 69.3 Å². The number of nitrogens with one attached hydrogen (secondary N) is 1. The summed E-state index contributed by atoms with van der Waals surface area (Å²) < 4.78 is 0. The normalized spacial score (nSPS) is 12.5. The lowest BCUT2D eigenvalue weighted by Crippen LogP contribution is -2.20. The summed E-state index contributed by atoms with van der Waals surface area (Å²) in [6.07, 6.45) is 2.93. The number of hydrogen-bond acceptors (Lipinski definition) is 3. The van der Waals surface area contributed by atoms with Crippen LogP contribution in [-0.4, -0.2) is 11.6 Å². The summed E-state index contributed by atoms with van der Waals surface area (Å²) in [6, 6.07) is 17.0. The third-order valence-corrected chi connectivity index (χ3v) is 5.77. The molecule has 3 nitrogen and oxygen atoms in total. The summed E-state index contributed by atoms with van der Waals surface area (Å²) in [5, 5.41) is 3.50. The third-order valence-electron chi connectivity index (χ3n) is 5.77. The zero-order chi connectivity index (χ0) is 20.5. The lowest BCUT2D eigenvalue weighted by molar-refractivity contribution is 0.0979. The van der Waals surface area contributed by atoms with Crippen LogP contribution >= 0.6 is 0 Å². The molecule has 1 aliphatic rings. The second-order valence-electron chi connectivity index (χ2n) is 7.43. The van der Waals surface area contributed by atoms with Crippen molar-refractivity contribution in [1.29, 1.82) is 0 Å². The Labute approximate surface area is 171 Å². The van der Waals surface area contributed by atoms with E-state index in [0.717, 1.165) is 30.6 Å². The Balaban J connectivity index is 1.74. The van der Waals surface area contributed by atoms with Crippen LogP contribution in [0.25, 0.3) is 0 Å². The van der Waals surface area contributed by atoms with Gasteiger partial charge < -0.3 is 5.32 Å². The van der Waals surface area contributed by atoms with Gasteiger partial charge in [-0.2, -0.15) is 0 Å². The summed E-state index contributed by atoms with van der Waals surface area (Å²) >= 11 is 0. The van der Waals surface area contributed by atoms with E-state index in [-0.39, 0.29) is 11.6 Å². The molecule has 146 valence electrons. The monoisotopic (exact) mass is 383 g/mol. The van der Waals surface area contributed by atoms with Gasteiger partial charge in [0.25, 0.3) is 0 Å². The molecule has 3 aromatic rings. The van der Waals surface area contributed by atoms with Crippen molar-refractivity contribution in [2.24, 2.45) is 0 Å². The fourth-order valence-electron chi connectivity index (χ4n) is 4.14. The predicted molar refractivity (Wildman–Crippen MR) is 118 cm³/mol. The Bertz CT molecular complexity index is 1130. The van der Waals surface area contributed by atoms with Crippen LogP contribution in [0.15, 0.2) is 54.6 Å². The summed E-state index contributed by atoms with van der Waals surface area (Å²) in [4.78, 5) is 25.8. The van der Waals surface area contributed by atoms with Gasteiger partial charge in [-0.1, -0.05) is 51.1 Å². The summed E-state index contributed by atoms with van der Waals surface area (Å²) in [7, 11) is 0. The molecule has 0 bridgehead atoms. The number of carbonyl (C=O) groups is 2. The van der Waals surface area contributed by atoms with Crippen LogP contribution < -0.4 is 5.32 Å². The first kappa shape index (κ1) is 19.1. The maximum absolute atomic E-state index is 13.0. The summed E-state index contributed by atoms with van der Waals surface area (Å²) in [5.41, 5.74) is 7.79. The smallest absolute Gasteiger partial charge is 0.194 e. The van der Waals surface area contributed by atoms with Gasteiger partial charge in [-0.05, 0) is 60.2 Å². The van der Waals surface area contributed by atoms with Crippen molar-refractivity contribution in [3.63, 3.8) is 0 Å². The van der Waals surface area contributed by atoms with E-state index in [1.165, 1.54) is 16.7 Å². The number of ketones is 2. The minimum Gasteiger partial charge on any atom is -0.355 e. The highest BCUT2D eigenvalue weighted by Crippen LogP contribution is 2.31. The Kier molecular flexibility index (Phi) is 5.06. The summed E-state index contributed by atoms with van der Waals surface area (Å²) in [6.45, 7) is 6.51. The molecule has 0 amide bonds. The SMILES string of the molecule is CCc1cc(CC)c(Nc2ccc3c(c2)C(=O)c2ccccc2C3=O)cc1CC. The molecule has 0 fully saturated rings. The molecule has 0 unspecified atom stereocenters. The van der Waals surface area contributed by atoms with Crippen molar-refractivity contribution < 1.29 is 9.59 Å². The van der Waals surface area contributed by atoms with Crippen molar-refractivity contribution in [3.8, 4) is 0 Å². The Morgan fingerprint density at radius 3 is 1.79 bits per heavy atom. The van der Waals surface area contributed by atoms with Gasteiger partial charge in [-0.25, -0.2) is 0 Å². The highest BCUT2D eigenvalue weighted by molar-refractivity contribution is 6.28. The van der Waals surface area contributed by atoms with Gasteiger partial charge in [0.15, 0.2) is 11.6 Å². The molecular formula is C26H25NO2. The first-order chi connectivity index (χ1) is 14.1. The number of anilines is 2. The van der Waals surface area contributed by atoms with Crippen LogP contribution in [0.5, 0.6) is 0 Å². The molecule has 0 aliphatic heterocycles. The van der Waals surface area contributed by atoms with Gasteiger partial charge in [0, 0.05) is 33.6 Å². The van der Waals surface area contributed by atoms with E-state index in [1.54, 1.807) is 30.3 Å². The van der Waals surface area contributed by atoms with Crippen LogP contribution in [0, 0.1) is 0 Å². The fraction of sp³-hybridized carbons (Fsp3) is 0.231. The molecule has 0 heterocycles. The van der Waals surface area contributed by atoms with E-state index in [4.69, 9.17) is 0 Å². The second-order valence-corrected chi connectivity index (χ2v) is 7.43. The van der Waals surface area contributed by atoms with E-state index in [1.807, 2.05) is 12.1 Å². The summed E-state index contributed by atoms with van der Waals surface area (Å²) in [5.74, 6) is -0.179. The molecule has 0 saturated heterocycles. The molecule has 29 heavy (non-hydrogen) atoms. The number of rotatable bonds is 5. The van der Waals surface area contributed by atoms with Gasteiger partial charge in [-0.15, -0.1) is 0 Å². The van der Waals surface area contributed by atoms with E-state index in [2.05, 4.69) is 38.2 Å². The lowest BCUT2D eigenvalue weighted by atomic mass is 9.84. The second kappa shape index (κ2) is 7.67. The lowest BCUT2D eigenvalue weighted by Gasteiger charge is -2.20. The van der Waals surface area contributed by atoms with Crippen molar-refractivity contribution in [2.45, 2.75) is 40.0 Å². The number of aryl methyl sites for hydroxylation is 3. The minimum atomic E-state index is -0.0925. The highest BCUT2D eigenvalue weighted by atomic mass is 16.1. The molecule has 0 saturated carbocycles. The highest BCUT2D eigenvalue weighted by Gasteiger charge is 2.29. The fourth-order valence-corrected chi connectivity index (χ4v) is 4.14. The standard InChI is InChI=1S/C26H25NO2/c1-4-16-13-18(6-3)24(14-17(16)5-2)27-19-11-12-22-23(15-19)26(29)21-10-8-7-9-20(21)25(22)28/h7-15,27H,4-6H2,1-3H3. The molecule has 0 aromatic heterocycles. The maximum atomic E-state index is 13.0. The minimum absolute atomic E-state index is 0.0865. The van der Waals surface area contributed by atoms with Gasteiger partial charge >= 0.3 is 0 Å². The molecular weight excluding hydrogens is 358 g/mol. The van der Waals surface area contributed by atoms with Crippen molar-refractivity contribution in [3.05, 3.63) is 93.5 Å². The first-order valence-electron chi connectivity index (χ1n) is 10.3. The molecule has 3 aromatic carbocycles. The van der Waals surface area contributed by atoms with E-state index < -0.39 is 0 Å². The van der Waals surface area contributed by atoms with Crippen molar-refractivity contribution in [1.82, 2.24) is 0 Å². The third kappa shape index (κ3) is 3.27. The van der Waals surface area contributed by atoms with Crippen LogP contribution in [-0.2, 0) is 19.3 Å². The van der Waals surface area contributed by atoms with Crippen molar-refractivity contribution >= 4 is 22.9 Å². The molecule has 1 aliphatic carbocycles. The number of carbonyl (C=O) groups excluding carboxylic acids is 2. The Morgan fingerprint density at radius 2 is 1.17 bits per heavy atom. The van der Waals surface area contributed by atoms with E-state index in [9.17, 15) is 9.59 Å². The molecule has 0 spiro atoms. The molecule has 4 rings (SSSR count). The van der Waals surface area contributed by atoms with Crippen LogP contribution in [0.4, 0.5) is 11.4 Å². The van der Waals surface area contributed by atoms with Crippen LogP contribution in [0.3, 0.4) is 0 Å². The predicted octanol–water partition coefficient (Wildman–Crippen LogP) is 5.89. The molecule has 0 radical (unpaired) electrons. The first-order valence-corrected chi connectivity index (χ1v) is 10.3. The Morgan fingerprint density at radius 1 is 0.621 bits per heavy atom. The molecule has 3 heteroatoms. The number of fused-ring (bicyclic) bond motifs is 2. The molecule has 0 atom stereocenters. The average Bonchev–Trinajstić information content (AvgIpc) is 2.77. The zero-order valence-electron chi connectivity index (χ0n) is 17.1. The maximum Gasteiger partial charge on any atom is 0.194 e. The van der Waals surface area contributed by atoms with E-state index in [0.29, 0.717) is 22.3 Å². The van der Waals surface area contributed by atoms with Crippen molar-refractivity contribution in [2.75, 3.05) is 5.32 Å². The quantitative estimate of drug-likeness (QED) is 0.467. The zero-order valence-corrected chi connectivity index (χ0v) is 17.1. The number of benzene rings is 3. The molecule has 1 N–H and O–H groups in total. The Hall–Kier alpha value is -3.20. The van der Waals surface area contributed by atoms with Crippen LogP contribution in [0.2, 0.25) is 0 Å². The van der Waals surface area contributed by atoms with Gasteiger partial charge in [-0.3, -0.25) is 9.59 Å². The largest absolute Gasteiger partial charge is 0.355 e. The number of hydrogen-bond donors (Lipinski definition) is 1.